The first-order valence-corrected chi connectivity index (χ1v) is 3.99. The molecule has 1 spiro atoms. The molecule has 10 heavy (non-hydrogen) atoms. The highest BCUT2D eigenvalue weighted by atomic mass is 16.5. The molecule has 2 heteroatoms. The van der Waals surface area contributed by atoms with Gasteiger partial charge in [0.1, 0.15) is 5.78 Å². The van der Waals surface area contributed by atoms with E-state index in [1.165, 1.54) is 0 Å². The second kappa shape index (κ2) is 1.30. The van der Waals surface area contributed by atoms with Gasteiger partial charge in [0, 0.05) is 18.3 Å². The predicted molar refractivity (Wildman–Crippen MR) is 34.5 cm³/mol. The van der Waals surface area contributed by atoms with E-state index in [1.54, 1.807) is 0 Å². The van der Waals surface area contributed by atoms with Gasteiger partial charge < -0.3 is 4.74 Å². The molecule has 3 fully saturated rings. The lowest BCUT2D eigenvalue weighted by Gasteiger charge is -2.59. The first kappa shape index (κ1) is 5.30. The molecule has 3 unspecified atom stereocenters. The smallest absolute Gasteiger partial charge is 0.138 e. The minimum Gasteiger partial charge on any atom is -0.373 e. The van der Waals surface area contributed by atoms with E-state index in [-0.39, 0.29) is 5.60 Å². The van der Waals surface area contributed by atoms with Gasteiger partial charge >= 0.3 is 0 Å². The molecule has 0 aromatic carbocycles. The van der Waals surface area contributed by atoms with E-state index in [9.17, 15) is 4.79 Å². The third-order valence-electron chi connectivity index (χ3n) is 3.51. The number of hydrogen-bond donors (Lipinski definition) is 0. The molecule has 0 bridgehead atoms. The number of ketones is 1. The van der Waals surface area contributed by atoms with Crippen molar-refractivity contribution in [1.82, 2.24) is 0 Å². The third kappa shape index (κ3) is 0.335. The standard InChI is InChI=1S/C8H10O2/c9-7-1-2-8-5(4-10-8)3-6(7)8/h5-6H,1-4H2. The fraction of sp³-hybridized carbons (Fsp3) is 0.875. The summed E-state index contributed by atoms with van der Waals surface area (Å²) in [5.41, 5.74) is 0.0943. The molecule has 1 aliphatic heterocycles. The Hall–Kier alpha value is -0.370. The highest BCUT2D eigenvalue weighted by Gasteiger charge is 2.67. The molecular formula is C8H10O2. The number of carbonyl (C=O) groups excluding carboxylic acids is 1. The second-order valence-corrected chi connectivity index (χ2v) is 3.72. The van der Waals surface area contributed by atoms with Gasteiger partial charge in [-0.05, 0) is 12.8 Å². The minimum absolute atomic E-state index is 0.0943. The molecule has 2 aliphatic carbocycles. The zero-order chi connectivity index (χ0) is 6.77. The van der Waals surface area contributed by atoms with Gasteiger partial charge in [0.15, 0.2) is 0 Å². The van der Waals surface area contributed by atoms with Crippen molar-refractivity contribution < 1.29 is 9.53 Å². The summed E-state index contributed by atoms with van der Waals surface area (Å²) in [4.78, 5) is 11.1. The van der Waals surface area contributed by atoms with Crippen LogP contribution >= 0.6 is 0 Å². The van der Waals surface area contributed by atoms with Crippen molar-refractivity contribution in [3.8, 4) is 0 Å². The quantitative estimate of drug-likeness (QED) is 0.494. The van der Waals surface area contributed by atoms with Crippen molar-refractivity contribution in [1.29, 1.82) is 0 Å². The number of ether oxygens (including phenoxy) is 1. The molecular weight excluding hydrogens is 128 g/mol. The van der Waals surface area contributed by atoms with Crippen molar-refractivity contribution in [2.24, 2.45) is 11.8 Å². The highest BCUT2D eigenvalue weighted by Crippen LogP contribution is 2.60. The maximum Gasteiger partial charge on any atom is 0.138 e. The van der Waals surface area contributed by atoms with E-state index in [2.05, 4.69) is 0 Å². The van der Waals surface area contributed by atoms with E-state index < -0.39 is 0 Å². The molecule has 0 amide bonds. The average Bonchev–Trinajstić information content (AvgIpc) is 2.21. The monoisotopic (exact) mass is 138 g/mol. The van der Waals surface area contributed by atoms with Crippen LogP contribution in [0, 0.1) is 11.8 Å². The van der Waals surface area contributed by atoms with Gasteiger partial charge in [-0.2, -0.15) is 0 Å². The lowest BCUT2D eigenvalue weighted by molar-refractivity contribution is -0.281. The van der Waals surface area contributed by atoms with Crippen LogP contribution < -0.4 is 0 Å². The maximum absolute atomic E-state index is 11.1. The van der Waals surface area contributed by atoms with Crippen molar-refractivity contribution in [3.05, 3.63) is 0 Å². The van der Waals surface area contributed by atoms with Crippen LogP contribution in [-0.2, 0) is 9.53 Å². The van der Waals surface area contributed by atoms with Gasteiger partial charge in [-0.25, -0.2) is 0 Å². The van der Waals surface area contributed by atoms with Crippen LogP contribution in [0.15, 0.2) is 0 Å². The molecule has 0 aromatic heterocycles. The zero-order valence-corrected chi connectivity index (χ0v) is 5.80. The third-order valence-corrected chi connectivity index (χ3v) is 3.51. The van der Waals surface area contributed by atoms with E-state index in [4.69, 9.17) is 4.74 Å². The number of carbonyl (C=O) groups is 1. The molecule has 0 radical (unpaired) electrons. The van der Waals surface area contributed by atoms with Crippen LogP contribution in [-0.4, -0.2) is 18.0 Å². The van der Waals surface area contributed by atoms with Crippen molar-refractivity contribution >= 4 is 5.78 Å². The largest absolute Gasteiger partial charge is 0.373 e. The molecule has 0 aromatic rings. The number of rotatable bonds is 0. The summed E-state index contributed by atoms with van der Waals surface area (Å²) < 4.78 is 5.49. The van der Waals surface area contributed by atoms with Crippen LogP contribution in [0.25, 0.3) is 0 Å². The average molecular weight is 138 g/mol. The molecule has 2 saturated carbocycles. The molecule has 54 valence electrons. The Morgan fingerprint density at radius 1 is 1.60 bits per heavy atom. The van der Waals surface area contributed by atoms with Gasteiger partial charge in [-0.15, -0.1) is 0 Å². The van der Waals surface area contributed by atoms with E-state index in [0.29, 0.717) is 11.7 Å². The van der Waals surface area contributed by atoms with Gasteiger partial charge in [0.2, 0.25) is 0 Å². The summed E-state index contributed by atoms with van der Waals surface area (Å²) in [6, 6.07) is 0. The Morgan fingerprint density at radius 3 is 2.90 bits per heavy atom. The minimum atomic E-state index is 0.0943. The van der Waals surface area contributed by atoms with E-state index in [1.807, 2.05) is 0 Å². The molecule has 3 aliphatic rings. The number of Topliss-reactive ketones (excluding diaryl/α,β-unsaturated/α-hetero) is 1. The SMILES string of the molecule is O=C1CCC23OCC2CC13. The van der Waals surface area contributed by atoms with Crippen molar-refractivity contribution in [2.45, 2.75) is 24.9 Å². The predicted octanol–water partition coefficient (Wildman–Crippen LogP) is 0.754. The molecule has 1 saturated heterocycles. The summed E-state index contributed by atoms with van der Waals surface area (Å²) in [5, 5.41) is 0. The van der Waals surface area contributed by atoms with Crippen LogP contribution in [0.4, 0.5) is 0 Å². The maximum atomic E-state index is 11.1. The van der Waals surface area contributed by atoms with Gasteiger partial charge in [0.05, 0.1) is 12.2 Å². The summed E-state index contributed by atoms with van der Waals surface area (Å²) in [5.74, 6) is 1.52. The number of hydrogen-bond acceptors (Lipinski definition) is 2. The molecule has 3 atom stereocenters. The Balaban J connectivity index is 1.98. The summed E-state index contributed by atoms with van der Waals surface area (Å²) in [6.45, 7) is 0.920. The summed E-state index contributed by atoms with van der Waals surface area (Å²) >= 11 is 0. The fourth-order valence-corrected chi connectivity index (χ4v) is 2.74. The van der Waals surface area contributed by atoms with E-state index in [0.717, 1.165) is 31.8 Å². The van der Waals surface area contributed by atoms with Gasteiger partial charge in [-0.1, -0.05) is 0 Å². The lowest BCUT2D eigenvalue weighted by atomic mass is 9.59. The summed E-state index contributed by atoms with van der Waals surface area (Å²) in [6.07, 6.45) is 2.92. The molecule has 2 nitrogen and oxygen atoms in total. The Labute approximate surface area is 59.6 Å². The zero-order valence-electron chi connectivity index (χ0n) is 5.80. The molecule has 1 heterocycles. The van der Waals surface area contributed by atoms with Gasteiger partial charge in [0.25, 0.3) is 0 Å². The van der Waals surface area contributed by atoms with Crippen molar-refractivity contribution in [3.63, 3.8) is 0 Å². The second-order valence-electron chi connectivity index (χ2n) is 3.72. The first-order chi connectivity index (χ1) is 4.83. The van der Waals surface area contributed by atoms with Crippen molar-refractivity contribution in [2.75, 3.05) is 6.61 Å². The normalized spacial score (nSPS) is 56.6. The van der Waals surface area contributed by atoms with E-state index >= 15 is 0 Å². The van der Waals surface area contributed by atoms with Crippen LogP contribution in [0.2, 0.25) is 0 Å². The fourth-order valence-electron chi connectivity index (χ4n) is 2.74. The Kier molecular flexibility index (Phi) is 0.691. The Morgan fingerprint density at radius 2 is 2.50 bits per heavy atom. The Bertz CT molecular complexity index is 211. The first-order valence-electron chi connectivity index (χ1n) is 3.99. The topological polar surface area (TPSA) is 26.3 Å². The summed E-state index contributed by atoms with van der Waals surface area (Å²) in [7, 11) is 0. The highest BCUT2D eigenvalue weighted by molar-refractivity contribution is 5.86. The van der Waals surface area contributed by atoms with Crippen LogP contribution in [0.5, 0.6) is 0 Å². The molecule has 3 rings (SSSR count). The van der Waals surface area contributed by atoms with Crippen LogP contribution in [0.3, 0.4) is 0 Å². The molecule has 0 N–H and O–H groups in total. The van der Waals surface area contributed by atoms with Gasteiger partial charge in [-0.3, -0.25) is 4.79 Å². The lowest BCUT2D eigenvalue weighted by Crippen LogP contribution is -2.66. The van der Waals surface area contributed by atoms with Crippen LogP contribution in [0.1, 0.15) is 19.3 Å².